The van der Waals surface area contributed by atoms with E-state index in [9.17, 15) is 9.70 Å². The summed E-state index contributed by atoms with van der Waals surface area (Å²) in [5.74, 6) is 0. The van der Waals surface area contributed by atoms with E-state index >= 15 is 0 Å². The highest BCUT2D eigenvalue weighted by atomic mass is 16.3. The first-order chi connectivity index (χ1) is 11.7. The molecule has 24 heavy (non-hydrogen) atoms. The molecule has 7 nitrogen and oxygen atoms in total. The Morgan fingerprint density at radius 3 is 2.25 bits per heavy atom. The quantitative estimate of drug-likeness (QED) is 0.823. The third kappa shape index (κ3) is 4.03. The van der Waals surface area contributed by atoms with Gasteiger partial charge in [0.2, 0.25) is 0 Å². The first-order valence-corrected chi connectivity index (χ1v) is 8.63. The van der Waals surface area contributed by atoms with E-state index in [1.54, 1.807) is 12.1 Å². The molecule has 1 aromatic rings. The topological polar surface area (TPSA) is 69.9 Å². The normalized spacial score (nSPS) is 20.0. The van der Waals surface area contributed by atoms with Crippen molar-refractivity contribution in [2.75, 3.05) is 51.2 Å². The standard InChI is InChI=1S/C17H25N5O2/c1-20-8-6-14(7-9-20)18-17(23)22-12-10-21(11-13-22)16-4-2-15(19-24)3-5-16/h2-5,14H,6-13H2,1H3,(H,18,23)/p+1. The van der Waals surface area contributed by atoms with Gasteiger partial charge in [-0.25, -0.2) is 4.79 Å². The number of nitrogens with one attached hydrogen (secondary N) is 2. The summed E-state index contributed by atoms with van der Waals surface area (Å²) in [6.07, 6.45) is 2.06. The third-order valence-corrected chi connectivity index (χ3v) is 4.96. The molecular formula is C17H26N5O2+. The SMILES string of the molecule is CN1CCC(NC(=O)N2CCN(c3ccc([NH+]=O)cc3)CC2)CC1. The number of benzene rings is 1. The van der Waals surface area contributed by atoms with Gasteiger partial charge < -0.3 is 20.0 Å². The van der Waals surface area contributed by atoms with Crippen molar-refractivity contribution in [1.29, 1.82) is 0 Å². The molecule has 0 saturated carbocycles. The number of carbonyl (C=O) groups is 1. The van der Waals surface area contributed by atoms with Crippen molar-refractivity contribution in [1.82, 2.24) is 15.1 Å². The van der Waals surface area contributed by atoms with Gasteiger partial charge in [-0.15, -0.1) is 0 Å². The van der Waals surface area contributed by atoms with E-state index in [0.717, 1.165) is 57.8 Å². The molecule has 0 spiro atoms. The number of urea groups is 1. The second kappa shape index (κ2) is 7.61. The van der Waals surface area contributed by atoms with Crippen molar-refractivity contribution >= 4 is 17.4 Å². The van der Waals surface area contributed by atoms with E-state index in [1.807, 2.05) is 22.2 Å². The van der Waals surface area contributed by atoms with Crippen LogP contribution < -0.4 is 15.4 Å². The fourth-order valence-electron chi connectivity index (χ4n) is 3.33. The van der Waals surface area contributed by atoms with Crippen molar-refractivity contribution in [2.45, 2.75) is 18.9 Å². The molecule has 0 aromatic heterocycles. The Balaban J connectivity index is 1.47. The van der Waals surface area contributed by atoms with Crippen LogP contribution in [0, 0.1) is 4.91 Å². The maximum Gasteiger partial charge on any atom is 0.317 e. The zero-order valence-corrected chi connectivity index (χ0v) is 14.2. The van der Waals surface area contributed by atoms with Crippen LogP contribution in [0.4, 0.5) is 16.2 Å². The fraction of sp³-hybridized carbons (Fsp3) is 0.588. The molecule has 2 heterocycles. The van der Waals surface area contributed by atoms with Crippen molar-refractivity contribution < 1.29 is 9.97 Å². The lowest BCUT2D eigenvalue weighted by Gasteiger charge is -2.37. The third-order valence-electron chi connectivity index (χ3n) is 4.96. The minimum absolute atomic E-state index is 0.0649. The highest BCUT2D eigenvalue weighted by Gasteiger charge is 2.24. The number of nitroso groups, excluding NO2 is 1. The maximum absolute atomic E-state index is 12.4. The van der Waals surface area contributed by atoms with E-state index < -0.39 is 0 Å². The van der Waals surface area contributed by atoms with Crippen LogP contribution >= 0.6 is 0 Å². The molecule has 0 unspecified atom stereocenters. The largest absolute Gasteiger partial charge is 0.368 e. The number of rotatable bonds is 3. The summed E-state index contributed by atoms with van der Waals surface area (Å²) in [6, 6.07) is 7.81. The predicted octanol–water partition coefficient (Wildman–Crippen LogP) is 0.0909. The lowest BCUT2D eigenvalue weighted by atomic mass is 10.1. The number of likely N-dealkylation sites (tertiary alicyclic amines) is 1. The van der Waals surface area contributed by atoms with Crippen molar-refractivity contribution in [3.8, 4) is 0 Å². The van der Waals surface area contributed by atoms with Gasteiger partial charge in [0.25, 0.3) is 5.69 Å². The number of carbonyl (C=O) groups excluding carboxylic acids is 1. The lowest BCUT2D eigenvalue weighted by molar-refractivity contribution is -0.379. The van der Waals surface area contributed by atoms with Crippen LogP contribution in [0.3, 0.4) is 0 Å². The Morgan fingerprint density at radius 2 is 1.67 bits per heavy atom. The number of anilines is 1. The van der Waals surface area contributed by atoms with Crippen LogP contribution in [-0.4, -0.2) is 68.2 Å². The van der Waals surface area contributed by atoms with E-state index in [1.165, 1.54) is 0 Å². The van der Waals surface area contributed by atoms with E-state index in [0.29, 0.717) is 11.7 Å². The van der Waals surface area contributed by atoms with E-state index in [2.05, 4.69) is 22.2 Å². The molecule has 2 amide bonds. The van der Waals surface area contributed by atoms with Gasteiger partial charge in [0.15, 0.2) is 0 Å². The van der Waals surface area contributed by atoms with Crippen LogP contribution in [-0.2, 0) is 0 Å². The number of piperazine rings is 1. The number of nitrogens with zero attached hydrogens (tertiary/aromatic N) is 3. The molecule has 3 rings (SSSR count). The van der Waals surface area contributed by atoms with Gasteiger partial charge in [-0.1, -0.05) is 0 Å². The summed E-state index contributed by atoms with van der Waals surface area (Å²) in [7, 11) is 2.12. The predicted molar refractivity (Wildman–Crippen MR) is 93.3 cm³/mol. The summed E-state index contributed by atoms with van der Waals surface area (Å²) in [6.45, 7) is 5.16. The van der Waals surface area contributed by atoms with Crippen LogP contribution in [0.2, 0.25) is 0 Å². The molecule has 130 valence electrons. The molecule has 2 aliphatic rings. The molecule has 0 aliphatic carbocycles. The monoisotopic (exact) mass is 332 g/mol. The van der Waals surface area contributed by atoms with Crippen LogP contribution in [0.5, 0.6) is 0 Å². The van der Waals surface area contributed by atoms with Crippen molar-refractivity contribution in [3.05, 3.63) is 29.2 Å². The number of hydrogen-bond acceptors (Lipinski definition) is 4. The first kappa shape index (κ1) is 16.7. The van der Waals surface area contributed by atoms with Gasteiger partial charge in [0, 0.05) is 60.1 Å². The average molecular weight is 332 g/mol. The van der Waals surface area contributed by atoms with Crippen molar-refractivity contribution in [2.24, 2.45) is 0 Å². The van der Waals surface area contributed by atoms with E-state index in [4.69, 9.17) is 0 Å². The van der Waals surface area contributed by atoms with E-state index in [-0.39, 0.29) is 6.03 Å². The molecule has 0 radical (unpaired) electrons. The highest BCUT2D eigenvalue weighted by molar-refractivity contribution is 5.75. The molecule has 7 heteroatoms. The highest BCUT2D eigenvalue weighted by Crippen LogP contribution is 2.18. The number of amides is 2. The summed E-state index contributed by atoms with van der Waals surface area (Å²) in [4.78, 5) is 29.5. The van der Waals surface area contributed by atoms with Gasteiger partial charge in [0.1, 0.15) is 0 Å². The Kier molecular flexibility index (Phi) is 5.30. The molecule has 0 bridgehead atoms. The van der Waals surface area contributed by atoms with Gasteiger partial charge >= 0.3 is 6.03 Å². The molecule has 0 atom stereocenters. The molecule has 2 aliphatic heterocycles. The minimum atomic E-state index is 0.0649. The van der Waals surface area contributed by atoms with Crippen LogP contribution in [0.15, 0.2) is 24.3 Å². The zero-order valence-electron chi connectivity index (χ0n) is 14.2. The minimum Gasteiger partial charge on any atom is -0.368 e. The van der Waals surface area contributed by atoms with Crippen LogP contribution in [0.1, 0.15) is 12.8 Å². The Hall–Kier alpha value is -2.15. The first-order valence-electron chi connectivity index (χ1n) is 8.63. The zero-order chi connectivity index (χ0) is 16.9. The Bertz CT molecular complexity index is 561. The van der Waals surface area contributed by atoms with Crippen molar-refractivity contribution in [3.63, 3.8) is 0 Å². The summed E-state index contributed by atoms with van der Waals surface area (Å²) < 4.78 is 0. The summed E-state index contributed by atoms with van der Waals surface area (Å²) >= 11 is 0. The Labute approximate surface area is 142 Å². The smallest absolute Gasteiger partial charge is 0.317 e. The molecule has 2 fully saturated rings. The average Bonchev–Trinajstić information content (AvgIpc) is 2.64. The van der Waals surface area contributed by atoms with Crippen LogP contribution in [0.25, 0.3) is 0 Å². The second-order valence-corrected chi connectivity index (χ2v) is 6.65. The molecule has 2 N–H and O–H groups in total. The lowest BCUT2D eigenvalue weighted by Crippen LogP contribution is -2.55. The summed E-state index contributed by atoms with van der Waals surface area (Å²) in [5, 5.41) is 5.07. The van der Waals surface area contributed by atoms with Gasteiger partial charge in [-0.05, 0) is 45.1 Å². The van der Waals surface area contributed by atoms with Gasteiger partial charge in [-0.3, -0.25) is 0 Å². The number of piperidine rings is 1. The molecule has 1 aromatic carbocycles. The number of hydrogen-bond donors (Lipinski definition) is 2. The maximum atomic E-state index is 12.4. The summed E-state index contributed by atoms with van der Waals surface area (Å²) in [5.41, 5.74) is 1.65. The fourth-order valence-corrected chi connectivity index (χ4v) is 3.33. The molecule has 2 saturated heterocycles. The van der Waals surface area contributed by atoms with Gasteiger partial charge in [-0.2, -0.15) is 0 Å². The van der Waals surface area contributed by atoms with Gasteiger partial charge in [0.05, 0.1) is 0 Å². The molecular weight excluding hydrogens is 306 g/mol. The second-order valence-electron chi connectivity index (χ2n) is 6.65. The Morgan fingerprint density at radius 1 is 1.04 bits per heavy atom.